The minimum absolute atomic E-state index is 0.142. The van der Waals surface area contributed by atoms with Crippen LogP contribution in [-0.2, 0) is 6.42 Å². The van der Waals surface area contributed by atoms with E-state index in [-0.39, 0.29) is 11.5 Å². The summed E-state index contributed by atoms with van der Waals surface area (Å²) in [7, 11) is 0. The Bertz CT molecular complexity index is 1090. The molecule has 0 spiro atoms. The standard InChI is InChI=1S/C25H20O3/c26-21-13-14-25(27)20(16-21)15-18-7-4-5-12-24(18)19-8-6-11-23(17-19)28-22-9-2-1-3-10-22/h1-14,16-17,26-27H,15H2. The molecular weight excluding hydrogens is 348 g/mol. The summed E-state index contributed by atoms with van der Waals surface area (Å²) in [6, 6.07) is 30.3. The minimum Gasteiger partial charge on any atom is -0.508 e. The molecule has 0 heterocycles. The molecule has 28 heavy (non-hydrogen) atoms. The van der Waals surface area contributed by atoms with E-state index < -0.39 is 0 Å². The summed E-state index contributed by atoms with van der Waals surface area (Å²) in [5.41, 5.74) is 3.83. The zero-order valence-electron chi connectivity index (χ0n) is 15.2. The Hall–Kier alpha value is -3.72. The van der Waals surface area contributed by atoms with Crippen LogP contribution in [0.5, 0.6) is 23.0 Å². The van der Waals surface area contributed by atoms with Gasteiger partial charge in [-0.2, -0.15) is 0 Å². The van der Waals surface area contributed by atoms with Crippen LogP contribution in [0.15, 0.2) is 97.1 Å². The van der Waals surface area contributed by atoms with Gasteiger partial charge < -0.3 is 14.9 Å². The first-order chi connectivity index (χ1) is 13.7. The quantitative estimate of drug-likeness (QED) is 0.416. The number of phenols is 2. The summed E-state index contributed by atoms with van der Waals surface area (Å²) in [5, 5.41) is 19.9. The Morgan fingerprint density at radius 1 is 0.607 bits per heavy atom. The Morgan fingerprint density at radius 3 is 2.21 bits per heavy atom. The molecule has 0 radical (unpaired) electrons. The maximum atomic E-state index is 10.1. The third kappa shape index (κ3) is 3.99. The molecule has 4 rings (SSSR count). The molecule has 4 aromatic carbocycles. The van der Waals surface area contributed by atoms with Gasteiger partial charge in [-0.15, -0.1) is 0 Å². The average Bonchev–Trinajstić information content (AvgIpc) is 2.72. The normalized spacial score (nSPS) is 10.6. The summed E-state index contributed by atoms with van der Waals surface area (Å²) >= 11 is 0. The highest BCUT2D eigenvalue weighted by molar-refractivity contribution is 5.69. The number of aromatic hydroxyl groups is 2. The Kier molecular flexibility index (Phi) is 4.98. The maximum Gasteiger partial charge on any atom is 0.128 e. The number of hydrogen-bond acceptors (Lipinski definition) is 3. The summed E-state index contributed by atoms with van der Waals surface area (Å²) in [5.74, 6) is 1.87. The van der Waals surface area contributed by atoms with Gasteiger partial charge in [0.15, 0.2) is 0 Å². The van der Waals surface area contributed by atoms with Crippen molar-refractivity contribution < 1.29 is 14.9 Å². The van der Waals surface area contributed by atoms with Crippen LogP contribution < -0.4 is 4.74 Å². The molecule has 0 saturated heterocycles. The first-order valence-electron chi connectivity index (χ1n) is 9.11. The second-order valence-electron chi connectivity index (χ2n) is 6.59. The number of rotatable bonds is 5. The predicted molar refractivity (Wildman–Crippen MR) is 111 cm³/mol. The maximum absolute atomic E-state index is 10.1. The van der Waals surface area contributed by atoms with Gasteiger partial charge in [0.2, 0.25) is 0 Å². The molecule has 0 aliphatic rings. The molecule has 0 aromatic heterocycles. The molecule has 3 nitrogen and oxygen atoms in total. The van der Waals surface area contributed by atoms with Gasteiger partial charge in [0.05, 0.1) is 0 Å². The highest BCUT2D eigenvalue weighted by Gasteiger charge is 2.10. The fourth-order valence-electron chi connectivity index (χ4n) is 3.23. The van der Waals surface area contributed by atoms with Crippen LogP contribution in [-0.4, -0.2) is 10.2 Å². The molecule has 4 aromatic rings. The van der Waals surface area contributed by atoms with Gasteiger partial charge in [-0.3, -0.25) is 0 Å². The average molecular weight is 368 g/mol. The van der Waals surface area contributed by atoms with Crippen molar-refractivity contribution in [1.82, 2.24) is 0 Å². The molecule has 0 atom stereocenters. The first kappa shape index (κ1) is 17.7. The number of benzene rings is 4. The van der Waals surface area contributed by atoms with E-state index in [9.17, 15) is 10.2 Å². The molecule has 3 heteroatoms. The van der Waals surface area contributed by atoms with Crippen molar-refractivity contribution >= 4 is 0 Å². The lowest BCUT2D eigenvalue weighted by Crippen LogP contribution is -1.93. The fraction of sp³-hybridized carbons (Fsp3) is 0.0400. The second kappa shape index (κ2) is 7.89. The lowest BCUT2D eigenvalue weighted by molar-refractivity contribution is 0.455. The summed E-state index contributed by atoms with van der Waals surface area (Å²) in [4.78, 5) is 0. The molecule has 0 aliphatic heterocycles. The SMILES string of the molecule is Oc1ccc(O)c(Cc2ccccc2-c2cccc(Oc3ccccc3)c2)c1. The van der Waals surface area contributed by atoms with E-state index in [1.807, 2.05) is 72.8 Å². The second-order valence-corrected chi connectivity index (χ2v) is 6.59. The molecule has 138 valence electrons. The molecule has 0 aliphatic carbocycles. The smallest absolute Gasteiger partial charge is 0.128 e. The van der Waals surface area contributed by atoms with Gasteiger partial charge in [-0.1, -0.05) is 54.6 Å². The van der Waals surface area contributed by atoms with Crippen molar-refractivity contribution in [2.75, 3.05) is 0 Å². The van der Waals surface area contributed by atoms with E-state index in [0.717, 1.165) is 28.2 Å². The highest BCUT2D eigenvalue weighted by Crippen LogP contribution is 2.32. The predicted octanol–water partition coefficient (Wildman–Crippen LogP) is 6.15. The van der Waals surface area contributed by atoms with Crippen molar-refractivity contribution in [3.8, 4) is 34.1 Å². The Balaban J connectivity index is 1.67. The van der Waals surface area contributed by atoms with Gasteiger partial charge in [0.1, 0.15) is 23.0 Å². The van der Waals surface area contributed by atoms with Crippen LogP contribution >= 0.6 is 0 Å². The fourth-order valence-corrected chi connectivity index (χ4v) is 3.23. The molecule has 0 unspecified atom stereocenters. The molecule has 0 fully saturated rings. The molecule has 0 bridgehead atoms. The van der Waals surface area contributed by atoms with Gasteiger partial charge in [0, 0.05) is 12.0 Å². The number of para-hydroxylation sites is 1. The van der Waals surface area contributed by atoms with Crippen molar-refractivity contribution in [2.24, 2.45) is 0 Å². The number of ether oxygens (including phenoxy) is 1. The van der Waals surface area contributed by atoms with Crippen LogP contribution in [0, 0.1) is 0 Å². The summed E-state index contributed by atoms with van der Waals surface area (Å²) < 4.78 is 5.96. The highest BCUT2D eigenvalue weighted by atomic mass is 16.5. The topological polar surface area (TPSA) is 49.7 Å². The third-order valence-corrected chi connectivity index (χ3v) is 4.59. The van der Waals surface area contributed by atoms with E-state index in [1.165, 1.54) is 12.1 Å². The minimum atomic E-state index is 0.142. The molecule has 2 N–H and O–H groups in total. The van der Waals surface area contributed by atoms with Crippen LogP contribution in [0.4, 0.5) is 0 Å². The van der Waals surface area contributed by atoms with Crippen molar-refractivity contribution in [3.63, 3.8) is 0 Å². The van der Waals surface area contributed by atoms with Crippen LogP contribution in [0.1, 0.15) is 11.1 Å². The van der Waals surface area contributed by atoms with Crippen LogP contribution in [0.3, 0.4) is 0 Å². The zero-order valence-corrected chi connectivity index (χ0v) is 15.2. The lowest BCUT2D eigenvalue weighted by Gasteiger charge is -2.13. The van der Waals surface area contributed by atoms with Crippen molar-refractivity contribution in [3.05, 3.63) is 108 Å². The van der Waals surface area contributed by atoms with E-state index in [0.29, 0.717) is 12.0 Å². The molecular formula is C25H20O3. The van der Waals surface area contributed by atoms with Crippen molar-refractivity contribution in [1.29, 1.82) is 0 Å². The van der Waals surface area contributed by atoms with Gasteiger partial charge >= 0.3 is 0 Å². The van der Waals surface area contributed by atoms with E-state index >= 15 is 0 Å². The first-order valence-corrected chi connectivity index (χ1v) is 9.11. The monoisotopic (exact) mass is 368 g/mol. The molecule has 0 amide bonds. The van der Waals surface area contributed by atoms with E-state index in [2.05, 4.69) is 6.07 Å². The van der Waals surface area contributed by atoms with E-state index in [4.69, 9.17) is 4.74 Å². The number of phenolic OH excluding ortho intramolecular Hbond substituents is 2. The van der Waals surface area contributed by atoms with Gasteiger partial charge in [-0.25, -0.2) is 0 Å². The zero-order chi connectivity index (χ0) is 19.3. The summed E-state index contributed by atoms with van der Waals surface area (Å²) in [6.07, 6.45) is 0.514. The largest absolute Gasteiger partial charge is 0.508 e. The summed E-state index contributed by atoms with van der Waals surface area (Å²) in [6.45, 7) is 0. The Labute approximate surface area is 164 Å². The van der Waals surface area contributed by atoms with Crippen molar-refractivity contribution in [2.45, 2.75) is 6.42 Å². The van der Waals surface area contributed by atoms with Crippen LogP contribution in [0.2, 0.25) is 0 Å². The van der Waals surface area contributed by atoms with Gasteiger partial charge in [0.25, 0.3) is 0 Å². The molecule has 0 saturated carbocycles. The lowest BCUT2D eigenvalue weighted by atomic mass is 9.94. The number of hydrogen-bond donors (Lipinski definition) is 2. The van der Waals surface area contributed by atoms with E-state index in [1.54, 1.807) is 6.07 Å². The Morgan fingerprint density at radius 2 is 1.36 bits per heavy atom. The van der Waals surface area contributed by atoms with Gasteiger partial charge in [-0.05, 0) is 59.2 Å². The van der Waals surface area contributed by atoms with Crippen LogP contribution in [0.25, 0.3) is 11.1 Å². The third-order valence-electron chi connectivity index (χ3n) is 4.59.